The Morgan fingerprint density at radius 1 is 0.667 bits per heavy atom. The van der Waals surface area contributed by atoms with Crippen LogP contribution >= 0.6 is 0 Å². The Bertz CT molecular complexity index is 919. The summed E-state index contributed by atoms with van der Waals surface area (Å²) in [5.41, 5.74) is 1.22. The molecule has 0 aliphatic rings. The normalized spacial score (nSPS) is 8.61. The first kappa shape index (κ1) is 29.1. The van der Waals surface area contributed by atoms with Crippen molar-refractivity contribution in [2.45, 2.75) is 27.7 Å². The third-order valence-corrected chi connectivity index (χ3v) is 3.75. The molecule has 0 aliphatic carbocycles. The molecule has 174 valence electrons. The van der Waals surface area contributed by atoms with Crippen molar-refractivity contribution < 1.29 is 14.3 Å². The summed E-state index contributed by atoms with van der Waals surface area (Å²) in [4.78, 5) is 12.5. The molecule has 0 radical (unpaired) electrons. The van der Waals surface area contributed by atoms with Gasteiger partial charge in [0.1, 0.15) is 23.9 Å². The van der Waals surface area contributed by atoms with E-state index in [1.165, 1.54) is 0 Å². The van der Waals surface area contributed by atoms with E-state index < -0.39 is 0 Å². The molecule has 33 heavy (non-hydrogen) atoms. The zero-order valence-corrected chi connectivity index (χ0v) is 20.3. The van der Waals surface area contributed by atoms with Gasteiger partial charge >= 0.3 is 0 Å². The zero-order valence-electron chi connectivity index (χ0n) is 20.3. The van der Waals surface area contributed by atoms with E-state index in [1.54, 1.807) is 66.8 Å². The molecule has 3 rings (SSSR count). The lowest BCUT2D eigenvalue weighted by Gasteiger charge is -2.07. The lowest BCUT2D eigenvalue weighted by molar-refractivity contribution is 0.103. The molecule has 0 aromatic heterocycles. The van der Waals surface area contributed by atoms with Crippen LogP contribution in [-0.2, 0) is 0 Å². The second kappa shape index (κ2) is 18.9. The summed E-state index contributed by atoms with van der Waals surface area (Å²) in [5, 5.41) is 0. The van der Waals surface area contributed by atoms with Gasteiger partial charge in [-0.05, 0) is 60.7 Å². The Balaban J connectivity index is 0.00000113. The van der Waals surface area contributed by atoms with E-state index >= 15 is 0 Å². The van der Waals surface area contributed by atoms with E-state index in [9.17, 15) is 4.79 Å². The van der Waals surface area contributed by atoms with E-state index in [-0.39, 0.29) is 5.78 Å². The van der Waals surface area contributed by atoms with Crippen LogP contribution in [-0.4, -0.2) is 12.4 Å². The van der Waals surface area contributed by atoms with Crippen molar-refractivity contribution in [3.8, 4) is 17.2 Å². The Kier molecular flexibility index (Phi) is 16.7. The fourth-order valence-electron chi connectivity index (χ4n) is 2.32. The van der Waals surface area contributed by atoms with Crippen LogP contribution in [0.2, 0.25) is 0 Å². The predicted molar refractivity (Wildman–Crippen MR) is 142 cm³/mol. The number of allylic oxidation sites excluding steroid dienone is 2. The molecular formula is C30H36O3. The SMILES string of the molecule is C=CC=C.C=CCOc1ccc(C(=O)c2ccc(Oc3ccccc3)cc2)cc1.CC.CC. The van der Waals surface area contributed by atoms with Gasteiger partial charge < -0.3 is 9.47 Å². The zero-order chi connectivity index (χ0) is 24.9. The van der Waals surface area contributed by atoms with Crippen LogP contribution < -0.4 is 9.47 Å². The van der Waals surface area contributed by atoms with Gasteiger partial charge in [0.2, 0.25) is 0 Å². The van der Waals surface area contributed by atoms with Gasteiger partial charge in [0.05, 0.1) is 0 Å². The van der Waals surface area contributed by atoms with Crippen LogP contribution in [0.4, 0.5) is 0 Å². The summed E-state index contributed by atoms with van der Waals surface area (Å²) in [5.74, 6) is 2.12. The number of hydrogen-bond donors (Lipinski definition) is 0. The fourth-order valence-corrected chi connectivity index (χ4v) is 2.32. The van der Waals surface area contributed by atoms with Crippen molar-refractivity contribution >= 4 is 5.78 Å². The van der Waals surface area contributed by atoms with Crippen molar-refractivity contribution in [3.05, 3.63) is 128 Å². The summed E-state index contributed by atoms with van der Waals surface area (Å²) >= 11 is 0. The molecule has 3 heteroatoms. The number of para-hydroxylation sites is 1. The molecule has 0 unspecified atom stereocenters. The monoisotopic (exact) mass is 444 g/mol. The molecule has 0 N–H and O–H groups in total. The molecule has 0 atom stereocenters. The first-order valence-electron chi connectivity index (χ1n) is 11.1. The highest BCUT2D eigenvalue weighted by atomic mass is 16.5. The maximum Gasteiger partial charge on any atom is 0.193 e. The Morgan fingerprint density at radius 2 is 1.09 bits per heavy atom. The average Bonchev–Trinajstić information content (AvgIpc) is 2.91. The number of ether oxygens (including phenoxy) is 2. The van der Waals surface area contributed by atoms with Crippen molar-refractivity contribution in [3.63, 3.8) is 0 Å². The maximum atomic E-state index is 12.5. The smallest absolute Gasteiger partial charge is 0.193 e. The number of carbonyl (C=O) groups excluding carboxylic acids is 1. The van der Waals surface area contributed by atoms with Crippen LogP contribution in [0, 0.1) is 0 Å². The van der Waals surface area contributed by atoms with Gasteiger partial charge in [-0.15, -0.1) is 0 Å². The Morgan fingerprint density at radius 3 is 1.52 bits per heavy atom. The lowest BCUT2D eigenvalue weighted by Crippen LogP contribution is -2.01. The summed E-state index contributed by atoms with van der Waals surface area (Å²) in [7, 11) is 0. The van der Waals surface area contributed by atoms with Gasteiger partial charge in [-0.3, -0.25) is 4.79 Å². The van der Waals surface area contributed by atoms with Gasteiger partial charge in [-0.25, -0.2) is 0 Å². The van der Waals surface area contributed by atoms with Crippen LogP contribution in [0.25, 0.3) is 0 Å². The van der Waals surface area contributed by atoms with Gasteiger partial charge in [0.15, 0.2) is 5.78 Å². The largest absolute Gasteiger partial charge is 0.490 e. The number of carbonyl (C=O) groups is 1. The molecule has 0 saturated heterocycles. The molecule has 0 saturated carbocycles. The number of benzene rings is 3. The van der Waals surface area contributed by atoms with E-state index in [4.69, 9.17) is 9.47 Å². The van der Waals surface area contributed by atoms with Gasteiger partial charge in [-0.1, -0.05) is 83.9 Å². The van der Waals surface area contributed by atoms with E-state index in [0.717, 1.165) is 5.75 Å². The molecule has 0 amide bonds. The number of ketones is 1. The van der Waals surface area contributed by atoms with Crippen molar-refractivity contribution in [1.29, 1.82) is 0 Å². The highest BCUT2D eigenvalue weighted by molar-refractivity contribution is 6.09. The number of rotatable bonds is 8. The third kappa shape index (κ3) is 11.4. The standard InChI is InChI=1S/C22H18O3.C4H6.2C2H6/c1-2-16-24-19-12-8-17(9-13-19)22(23)18-10-14-21(15-11-18)25-20-6-4-3-5-7-20;1-3-4-2;2*1-2/h2-15H,1,16H2;3-4H,1-2H2;2*1-2H3. The summed E-state index contributed by atoms with van der Waals surface area (Å²) in [6.07, 6.45) is 4.96. The highest BCUT2D eigenvalue weighted by Gasteiger charge is 2.09. The second-order valence-corrected chi connectivity index (χ2v) is 5.86. The van der Waals surface area contributed by atoms with E-state index in [2.05, 4.69) is 19.7 Å². The minimum atomic E-state index is -0.0402. The quantitative estimate of drug-likeness (QED) is 0.198. The molecule has 3 nitrogen and oxygen atoms in total. The first-order chi connectivity index (χ1) is 16.2. The van der Waals surface area contributed by atoms with Gasteiger partial charge in [0, 0.05) is 11.1 Å². The maximum absolute atomic E-state index is 12.5. The van der Waals surface area contributed by atoms with Crippen LogP contribution in [0.1, 0.15) is 43.6 Å². The van der Waals surface area contributed by atoms with Crippen molar-refractivity contribution in [2.24, 2.45) is 0 Å². The second-order valence-electron chi connectivity index (χ2n) is 5.86. The minimum absolute atomic E-state index is 0.0402. The van der Waals surface area contributed by atoms with E-state index in [1.807, 2.05) is 58.0 Å². The van der Waals surface area contributed by atoms with Crippen LogP contribution in [0.3, 0.4) is 0 Å². The molecule has 0 heterocycles. The molecular weight excluding hydrogens is 408 g/mol. The minimum Gasteiger partial charge on any atom is -0.490 e. The topological polar surface area (TPSA) is 35.5 Å². The van der Waals surface area contributed by atoms with Crippen LogP contribution in [0.15, 0.2) is 117 Å². The van der Waals surface area contributed by atoms with Gasteiger partial charge in [-0.2, -0.15) is 0 Å². The molecule has 3 aromatic rings. The third-order valence-electron chi connectivity index (χ3n) is 3.75. The predicted octanol–water partition coefficient (Wildman–Crippen LogP) is 8.69. The summed E-state index contributed by atoms with van der Waals surface area (Å²) < 4.78 is 11.2. The molecule has 0 bridgehead atoms. The first-order valence-corrected chi connectivity index (χ1v) is 11.1. The lowest BCUT2D eigenvalue weighted by atomic mass is 10.0. The summed E-state index contributed by atoms with van der Waals surface area (Å²) in [6, 6.07) is 23.7. The number of hydrogen-bond acceptors (Lipinski definition) is 3. The Labute approximate surface area is 199 Å². The summed E-state index contributed by atoms with van der Waals surface area (Å²) in [6.45, 7) is 18.8. The highest BCUT2D eigenvalue weighted by Crippen LogP contribution is 2.22. The molecule has 3 aromatic carbocycles. The van der Waals surface area contributed by atoms with Crippen molar-refractivity contribution in [2.75, 3.05) is 6.61 Å². The van der Waals surface area contributed by atoms with Crippen LogP contribution in [0.5, 0.6) is 17.2 Å². The van der Waals surface area contributed by atoms with Crippen molar-refractivity contribution in [1.82, 2.24) is 0 Å². The fraction of sp³-hybridized carbons (Fsp3) is 0.167. The molecule has 0 fully saturated rings. The van der Waals surface area contributed by atoms with Gasteiger partial charge in [0.25, 0.3) is 0 Å². The van der Waals surface area contributed by atoms with E-state index in [0.29, 0.717) is 29.2 Å². The molecule has 0 spiro atoms. The Hall–Kier alpha value is -3.85. The molecule has 0 aliphatic heterocycles. The average molecular weight is 445 g/mol.